The standard InChI is InChI=1S/C15H22N2OS/c1-10-5-6-17(14(10)9-18)8-13-4-3-12(15(16)19)7-11(13)2/h3-4,7,10,14,18H,5-6,8-9H2,1-2H3,(H2,16,19). The average molecular weight is 278 g/mol. The molecule has 1 aliphatic rings. The molecule has 1 aromatic rings. The van der Waals surface area contributed by atoms with Crippen LogP contribution in [-0.4, -0.2) is 34.2 Å². The van der Waals surface area contributed by atoms with Gasteiger partial charge in [-0.1, -0.05) is 31.3 Å². The van der Waals surface area contributed by atoms with E-state index in [2.05, 4.69) is 24.8 Å². The van der Waals surface area contributed by atoms with Crippen molar-refractivity contribution in [1.82, 2.24) is 4.90 Å². The molecule has 2 rings (SSSR count). The topological polar surface area (TPSA) is 49.5 Å². The zero-order chi connectivity index (χ0) is 14.0. The Balaban J connectivity index is 2.13. The van der Waals surface area contributed by atoms with Crippen molar-refractivity contribution < 1.29 is 5.11 Å². The van der Waals surface area contributed by atoms with Crippen molar-refractivity contribution in [3.8, 4) is 0 Å². The van der Waals surface area contributed by atoms with Crippen LogP contribution in [0.3, 0.4) is 0 Å². The molecule has 0 aromatic heterocycles. The highest BCUT2D eigenvalue weighted by Crippen LogP contribution is 2.26. The summed E-state index contributed by atoms with van der Waals surface area (Å²) < 4.78 is 0. The highest BCUT2D eigenvalue weighted by molar-refractivity contribution is 7.80. The van der Waals surface area contributed by atoms with Gasteiger partial charge in [0.15, 0.2) is 0 Å². The lowest BCUT2D eigenvalue weighted by molar-refractivity contribution is 0.134. The van der Waals surface area contributed by atoms with E-state index in [4.69, 9.17) is 18.0 Å². The molecule has 1 aromatic carbocycles. The number of rotatable bonds is 4. The van der Waals surface area contributed by atoms with E-state index in [-0.39, 0.29) is 12.6 Å². The minimum Gasteiger partial charge on any atom is -0.395 e. The second-order valence-electron chi connectivity index (χ2n) is 5.49. The van der Waals surface area contributed by atoms with Crippen LogP contribution in [0.1, 0.15) is 30.0 Å². The monoisotopic (exact) mass is 278 g/mol. The Labute approximate surface area is 120 Å². The van der Waals surface area contributed by atoms with Crippen molar-refractivity contribution in [2.45, 2.75) is 32.9 Å². The summed E-state index contributed by atoms with van der Waals surface area (Å²) in [6, 6.07) is 6.42. The summed E-state index contributed by atoms with van der Waals surface area (Å²) in [7, 11) is 0. The van der Waals surface area contributed by atoms with Gasteiger partial charge in [0.1, 0.15) is 4.99 Å². The van der Waals surface area contributed by atoms with Gasteiger partial charge >= 0.3 is 0 Å². The quantitative estimate of drug-likeness (QED) is 0.825. The second-order valence-corrected chi connectivity index (χ2v) is 5.93. The average Bonchev–Trinajstić information content (AvgIpc) is 2.72. The summed E-state index contributed by atoms with van der Waals surface area (Å²) in [6.07, 6.45) is 1.16. The normalized spacial score (nSPS) is 23.7. The van der Waals surface area contributed by atoms with Gasteiger partial charge in [-0.25, -0.2) is 0 Å². The predicted octanol–water partition coefficient (Wildman–Crippen LogP) is 1.83. The fourth-order valence-electron chi connectivity index (χ4n) is 2.82. The number of benzene rings is 1. The lowest BCUT2D eigenvalue weighted by Crippen LogP contribution is -2.34. The van der Waals surface area contributed by atoms with Gasteiger partial charge in [0.05, 0.1) is 6.61 Å². The first-order valence-corrected chi connectivity index (χ1v) is 7.18. The molecule has 1 aliphatic heterocycles. The molecule has 0 amide bonds. The van der Waals surface area contributed by atoms with E-state index in [0.717, 1.165) is 25.1 Å². The molecule has 1 fully saturated rings. The largest absolute Gasteiger partial charge is 0.395 e. The molecule has 4 heteroatoms. The molecule has 2 atom stereocenters. The zero-order valence-electron chi connectivity index (χ0n) is 11.6. The van der Waals surface area contributed by atoms with E-state index in [1.165, 1.54) is 11.1 Å². The van der Waals surface area contributed by atoms with Gasteiger partial charge in [-0.15, -0.1) is 0 Å². The molecule has 0 spiro atoms. The molecule has 0 radical (unpaired) electrons. The number of thiocarbonyl (C=S) groups is 1. The molecule has 1 saturated heterocycles. The van der Waals surface area contributed by atoms with E-state index >= 15 is 0 Å². The van der Waals surface area contributed by atoms with Gasteiger partial charge in [-0.05, 0) is 43.0 Å². The maximum atomic E-state index is 9.50. The molecule has 104 valence electrons. The van der Waals surface area contributed by atoms with Gasteiger partial charge in [0.2, 0.25) is 0 Å². The SMILES string of the molecule is Cc1cc(C(N)=S)ccc1CN1CCC(C)C1CO. The van der Waals surface area contributed by atoms with E-state index in [1.807, 2.05) is 12.1 Å². The number of aliphatic hydroxyl groups is 1. The number of nitrogens with two attached hydrogens (primary N) is 1. The van der Waals surface area contributed by atoms with E-state index < -0.39 is 0 Å². The van der Waals surface area contributed by atoms with Gasteiger partial charge < -0.3 is 10.8 Å². The van der Waals surface area contributed by atoms with Crippen molar-refractivity contribution >= 4 is 17.2 Å². The molecule has 3 nitrogen and oxygen atoms in total. The Bertz CT molecular complexity index is 475. The lowest BCUT2D eigenvalue weighted by Gasteiger charge is -2.25. The van der Waals surface area contributed by atoms with Crippen LogP contribution in [0.15, 0.2) is 18.2 Å². The summed E-state index contributed by atoms with van der Waals surface area (Å²) in [5.74, 6) is 0.571. The number of nitrogens with zero attached hydrogens (tertiary/aromatic N) is 1. The van der Waals surface area contributed by atoms with Crippen LogP contribution in [0, 0.1) is 12.8 Å². The Hall–Kier alpha value is -0.970. The molecule has 19 heavy (non-hydrogen) atoms. The van der Waals surface area contributed by atoms with Crippen molar-refractivity contribution in [2.24, 2.45) is 11.7 Å². The first-order valence-electron chi connectivity index (χ1n) is 6.77. The zero-order valence-corrected chi connectivity index (χ0v) is 12.4. The first kappa shape index (κ1) is 14.4. The molecule has 0 saturated carbocycles. The number of likely N-dealkylation sites (tertiary alicyclic amines) is 1. The molecule has 1 heterocycles. The summed E-state index contributed by atoms with van der Waals surface area (Å²) in [4.78, 5) is 2.81. The van der Waals surface area contributed by atoms with Crippen LogP contribution in [0.5, 0.6) is 0 Å². The van der Waals surface area contributed by atoms with Crippen LogP contribution in [-0.2, 0) is 6.54 Å². The minimum absolute atomic E-state index is 0.241. The molecule has 2 unspecified atom stereocenters. The molecule has 0 aliphatic carbocycles. The van der Waals surface area contributed by atoms with Crippen molar-refractivity contribution in [3.63, 3.8) is 0 Å². The van der Waals surface area contributed by atoms with E-state index in [1.54, 1.807) is 0 Å². The molecule has 0 bridgehead atoms. The lowest BCUT2D eigenvalue weighted by atomic mass is 10.0. The highest BCUT2D eigenvalue weighted by Gasteiger charge is 2.30. The van der Waals surface area contributed by atoms with Gasteiger partial charge in [-0.3, -0.25) is 4.90 Å². The van der Waals surface area contributed by atoms with Crippen LogP contribution in [0.25, 0.3) is 0 Å². The van der Waals surface area contributed by atoms with Crippen molar-refractivity contribution in [2.75, 3.05) is 13.2 Å². The second kappa shape index (κ2) is 5.99. The van der Waals surface area contributed by atoms with Crippen LogP contribution >= 0.6 is 12.2 Å². The first-order chi connectivity index (χ1) is 9.02. The highest BCUT2D eigenvalue weighted by atomic mass is 32.1. The summed E-state index contributed by atoms with van der Waals surface area (Å²) >= 11 is 5.00. The third-order valence-corrected chi connectivity index (χ3v) is 4.42. The van der Waals surface area contributed by atoms with Crippen LogP contribution in [0.4, 0.5) is 0 Å². The Morgan fingerprint density at radius 3 is 2.84 bits per heavy atom. The van der Waals surface area contributed by atoms with Gasteiger partial charge in [0.25, 0.3) is 0 Å². The number of hydrogen-bond acceptors (Lipinski definition) is 3. The Morgan fingerprint density at radius 1 is 1.53 bits per heavy atom. The number of aliphatic hydroxyl groups excluding tert-OH is 1. The summed E-state index contributed by atoms with van der Waals surface area (Å²) in [6.45, 7) is 6.49. The summed E-state index contributed by atoms with van der Waals surface area (Å²) in [5, 5.41) is 9.50. The van der Waals surface area contributed by atoms with Gasteiger partial charge in [-0.2, -0.15) is 0 Å². The Kier molecular flexibility index (Phi) is 4.55. The Morgan fingerprint density at radius 2 is 2.26 bits per heavy atom. The maximum Gasteiger partial charge on any atom is 0.103 e. The minimum atomic E-state index is 0.241. The predicted molar refractivity (Wildman–Crippen MR) is 82.1 cm³/mol. The fraction of sp³-hybridized carbons (Fsp3) is 0.533. The maximum absolute atomic E-state index is 9.50. The van der Waals surface area contributed by atoms with Crippen molar-refractivity contribution in [3.05, 3.63) is 34.9 Å². The third-order valence-electron chi connectivity index (χ3n) is 4.19. The molecule has 3 N–H and O–H groups in total. The summed E-state index contributed by atoms with van der Waals surface area (Å²) in [5.41, 5.74) is 9.06. The fourth-order valence-corrected chi connectivity index (χ4v) is 2.95. The third kappa shape index (κ3) is 3.14. The number of hydrogen-bond donors (Lipinski definition) is 2. The van der Waals surface area contributed by atoms with Crippen molar-refractivity contribution in [1.29, 1.82) is 0 Å². The molecular weight excluding hydrogens is 256 g/mol. The van der Waals surface area contributed by atoms with E-state index in [0.29, 0.717) is 10.9 Å². The van der Waals surface area contributed by atoms with Crippen LogP contribution in [0.2, 0.25) is 0 Å². The van der Waals surface area contributed by atoms with Crippen LogP contribution < -0.4 is 5.73 Å². The van der Waals surface area contributed by atoms with E-state index in [9.17, 15) is 5.11 Å². The smallest absolute Gasteiger partial charge is 0.103 e. The van der Waals surface area contributed by atoms with Gasteiger partial charge in [0, 0.05) is 18.2 Å². The number of aryl methyl sites for hydroxylation is 1. The molecular formula is C15H22N2OS.